The van der Waals surface area contributed by atoms with Crippen molar-refractivity contribution in [2.45, 2.75) is 19.9 Å². The fourth-order valence-corrected chi connectivity index (χ4v) is 4.19. The van der Waals surface area contributed by atoms with E-state index in [-0.39, 0.29) is 35.9 Å². The normalized spacial score (nSPS) is 11.0. The number of hydrogen-bond acceptors (Lipinski definition) is 5. The van der Waals surface area contributed by atoms with E-state index in [0.29, 0.717) is 15.2 Å². The Labute approximate surface area is 181 Å². The van der Waals surface area contributed by atoms with E-state index in [4.69, 9.17) is 11.6 Å². The molecule has 6 nitrogen and oxygen atoms in total. The number of phenols is 1. The van der Waals surface area contributed by atoms with Crippen LogP contribution in [0.1, 0.15) is 12.0 Å². The lowest BCUT2D eigenvalue weighted by atomic mass is 10.1. The molecule has 8 heteroatoms. The van der Waals surface area contributed by atoms with E-state index in [1.165, 1.54) is 40.4 Å². The third-order valence-electron chi connectivity index (χ3n) is 4.74. The molecule has 0 saturated heterocycles. The van der Waals surface area contributed by atoms with Crippen LogP contribution in [0, 0.1) is 6.92 Å². The van der Waals surface area contributed by atoms with Gasteiger partial charge in [-0.05, 0) is 30.7 Å². The highest BCUT2D eigenvalue weighted by atomic mass is 35.5. The van der Waals surface area contributed by atoms with Gasteiger partial charge in [0.05, 0.1) is 17.4 Å². The van der Waals surface area contributed by atoms with Crippen molar-refractivity contribution in [1.29, 1.82) is 0 Å². The third kappa shape index (κ3) is 4.08. The highest BCUT2D eigenvalue weighted by molar-refractivity contribution is 7.17. The monoisotopic (exact) mass is 439 g/mol. The highest BCUT2D eigenvalue weighted by Crippen LogP contribution is 2.31. The number of anilines is 1. The molecule has 0 unspecified atom stereocenters. The van der Waals surface area contributed by atoms with Gasteiger partial charge >= 0.3 is 0 Å². The number of rotatable bonds is 5. The van der Waals surface area contributed by atoms with Gasteiger partial charge in [-0.3, -0.25) is 14.2 Å². The maximum absolute atomic E-state index is 13.1. The molecular weight excluding hydrogens is 422 g/mol. The summed E-state index contributed by atoms with van der Waals surface area (Å²) in [6.07, 6.45) is 1.51. The highest BCUT2D eigenvalue weighted by Gasteiger charge is 2.14. The Balaban J connectivity index is 1.56. The van der Waals surface area contributed by atoms with E-state index in [1.807, 2.05) is 36.6 Å². The summed E-state index contributed by atoms with van der Waals surface area (Å²) in [6.45, 7) is 2.18. The van der Waals surface area contributed by atoms with E-state index >= 15 is 0 Å². The fourth-order valence-electron chi connectivity index (χ4n) is 3.12. The first-order valence-electron chi connectivity index (χ1n) is 9.24. The Morgan fingerprint density at radius 2 is 2.00 bits per heavy atom. The first-order chi connectivity index (χ1) is 14.4. The van der Waals surface area contributed by atoms with Crippen molar-refractivity contribution in [2.75, 3.05) is 5.32 Å². The second-order valence-corrected chi connectivity index (χ2v) is 8.19. The zero-order valence-corrected chi connectivity index (χ0v) is 17.6. The number of carbonyl (C=O) groups is 1. The molecule has 0 atom stereocenters. The Hall–Kier alpha value is -3.16. The predicted octanol–water partition coefficient (Wildman–Crippen LogP) is 4.82. The van der Waals surface area contributed by atoms with Gasteiger partial charge in [0.25, 0.3) is 5.56 Å². The van der Waals surface area contributed by atoms with Crippen molar-refractivity contribution in [3.63, 3.8) is 0 Å². The fraction of sp³-hybridized carbons (Fsp3) is 0.136. The number of nitrogens with zero attached hydrogens (tertiary/aromatic N) is 2. The van der Waals surface area contributed by atoms with Crippen molar-refractivity contribution >= 4 is 44.7 Å². The van der Waals surface area contributed by atoms with Crippen LogP contribution in [0.25, 0.3) is 21.3 Å². The Bertz CT molecular complexity index is 1300. The number of thiophene rings is 1. The Morgan fingerprint density at radius 3 is 2.77 bits per heavy atom. The van der Waals surface area contributed by atoms with Crippen LogP contribution in [0.2, 0.25) is 5.02 Å². The van der Waals surface area contributed by atoms with Gasteiger partial charge in [-0.2, -0.15) is 0 Å². The molecule has 0 fully saturated rings. The number of nitrogens with one attached hydrogen (secondary N) is 1. The van der Waals surface area contributed by atoms with E-state index in [2.05, 4.69) is 10.3 Å². The first kappa shape index (κ1) is 20.1. The predicted molar refractivity (Wildman–Crippen MR) is 120 cm³/mol. The molecule has 2 aromatic heterocycles. The number of fused-ring (bicyclic) bond motifs is 1. The number of aryl methyl sites for hydroxylation is 2. The second kappa shape index (κ2) is 8.30. The van der Waals surface area contributed by atoms with Gasteiger partial charge in [-0.25, -0.2) is 4.98 Å². The molecule has 152 valence electrons. The first-order valence-corrected chi connectivity index (χ1v) is 10.5. The van der Waals surface area contributed by atoms with Gasteiger partial charge in [0.1, 0.15) is 10.6 Å². The molecule has 0 spiro atoms. The van der Waals surface area contributed by atoms with Gasteiger partial charge in [0, 0.05) is 28.9 Å². The summed E-state index contributed by atoms with van der Waals surface area (Å²) in [5, 5.41) is 15.3. The molecule has 2 N–H and O–H groups in total. The van der Waals surface area contributed by atoms with Crippen molar-refractivity contribution in [3.8, 4) is 16.9 Å². The smallest absolute Gasteiger partial charge is 0.262 e. The summed E-state index contributed by atoms with van der Waals surface area (Å²) in [6, 6.07) is 12.4. The van der Waals surface area contributed by atoms with Gasteiger partial charge in [0.2, 0.25) is 5.91 Å². The lowest BCUT2D eigenvalue weighted by Crippen LogP contribution is -2.23. The Kier molecular flexibility index (Phi) is 5.57. The summed E-state index contributed by atoms with van der Waals surface area (Å²) in [7, 11) is 0. The molecule has 4 aromatic rings. The minimum atomic E-state index is -0.344. The van der Waals surface area contributed by atoms with Crippen molar-refractivity contribution in [3.05, 3.63) is 75.1 Å². The number of aromatic nitrogens is 2. The van der Waals surface area contributed by atoms with Crippen molar-refractivity contribution in [1.82, 2.24) is 9.55 Å². The number of aromatic hydroxyl groups is 1. The molecule has 1 amide bonds. The van der Waals surface area contributed by atoms with E-state index < -0.39 is 0 Å². The zero-order valence-electron chi connectivity index (χ0n) is 16.1. The summed E-state index contributed by atoms with van der Waals surface area (Å²) >= 11 is 7.32. The van der Waals surface area contributed by atoms with Gasteiger partial charge < -0.3 is 10.4 Å². The maximum Gasteiger partial charge on any atom is 0.262 e. The van der Waals surface area contributed by atoms with Crippen LogP contribution >= 0.6 is 22.9 Å². The number of amides is 1. The molecule has 2 heterocycles. The van der Waals surface area contributed by atoms with Crippen molar-refractivity contribution in [2.24, 2.45) is 0 Å². The van der Waals surface area contributed by atoms with Crippen LogP contribution in [0.3, 0.4) is 0 Å². The average molecular weight is 440 g/mol. The summed E-state index contributed by atoms with van der Waals surface area (Å²) < 4.78 is 1.43. The molecule has 0 radical (unpaired) electrons. The number of halogens is 1. The second-order valence-electron chi connectivity index (χ2n) is 6.90. The minimum Gasteiger partial charge on any atom is -0.506 e. The molecule has 4 rings (SSSR count). The third-order valence-corrected chi connectivity index (χ3v) is 5.86. The van der Waals surface area contributed by atoms with E-state index in [9.17, 15) is 14.7 Å². The average Bonchev–Trinajstić information content (AvgIpc) is 3.16. The van der Waals surface area contributed by atoms with Gasteiger partial charge in [-0.1, -0.05) is 41.4 Å². The standard InChI is InChI=1S/C22H18ClN3O3S/c1-13-2-4-14(5-3-13)16-11-30-21-20(16)22(29)26(12-24-21)9-8-19(28)25-17-10-15(23)6-7-18(17)27/h2-7,10-12,27H,8-9H2,1H3,(H,25,28). The summed E-state index contributed by atoms with van der Waals surface area (Å²) in [5.74, 6) is -0.419. The van der Waals surface area contributed by atoms with Crippen LogP contribution in [0.5, 0.6) is 5.75 Å². The number of hydrogen-bond donors (Lipinski definition) is 2. The maximum atomic E-state index is 13.1. The van der Waals surface area contributed by atoms with Crippen LogP contribution in [-0.4, -0.2) is 20.6 Å². The number of benzene rings is 2. The lowest BCUT2D eigenvalue weighted by molar-refractivity contribution is -0.116. The van der Waals surface area contributed by atoms with E-state index in [0.717, 1.165) is 16.7 Å². The molecule has 0 saturated carbocycles. The molecule has 2 aromatic carbocycles. The molecule has 0 bridgehead atoms. The van der Waals surface area contributed by atoms with Gasteiger partial charge in [0.15, 0.2) is 0 Å². The Morgan fingerprint density at radius 1 is 1.23 bits per heavy atom. The van der Waals surface area contributed by atoms with Crippen LogP contribution in [0.15, 0.2) is 59.0 Å². The number of phenolic OH excluding ortho intramolecular Hbond substituents is 1. The van der Waals surface area contributed by atoms with Crippen molar-refractivity contribution < 1.29 is 9.90 Å². The lowest BCUT2D eigenvalue weighted by Gasteiger charge is -2.09. The summed E-state index contributed by atoms with van der Waals surface area (Å²) in [4.78, 5) is 30.4. The van der Waals surface area contributed by atoms with Crippen LogP contribution in [0.4, 0.5) is 5.69 Å². The molecule has 0 aliphatic heterocycles. The summed E-state index contributed by atoms with van der Waals surface area (Å²) in [5.41, 5.74) is 2.99. The van der Waals surface area contributed by atoms with Crippen LogP contribution in [-0.2, 0) is 11.3 Å². The number of carbonyl (C=O) groups excluding carboxylic acids is 1. The molecule has 0 aliphatic carbocycles. The van der Waals surface area contributed by atoms with Crippen LogP contribution < -0.4 is 10.9 Å². The minimum absolute atomic E-state index is 0.0447. The quantitative estimate of drug-likeness (QED) is 0.436. The zero-order chi connectivity index (χ0) is 21.3. The molecule has 0 aliphatic rings. The SMILES string of the molecule is Cc1ccc(-c2csc3ncn(CCC(=O)Nc4cc(Cl)ccc4O)c(=O)c23)cc1. The largest absolute Gasteiger partial charge is 0.506 e. The van der Waals surface area contributed by atoms with E-state index in [1.54, 1.807) is 0 Å². The molecular formula is C22H18ClN3O3S. The van der Waals surface area contributed by atoms with Gasteiger partial charge in [-0.15, -0.1) is 11.3 Å². The molecule has 30 heavy (non-hydrogen) atoms. The topological polar surface area (TPSA) is 84.2 Å².